The minimum Gasteiger partial charge on any atom is -0.368 e. The molecule has 1 amide bonds. The van der Waals surface area contributed by atoms with Crippen LogP contribution < -0.4 is 4.90 Å². The fraction of sp³-hybridized carbons (Fsp3) is 0.222. The number of carbonyl (C=O) groups is 1. The van der Waals surface area contributed by atoms with Crippen molar-refractivity contribution in [1.29, 1.82) is 0 Å². The number of fused-ring (bicyclic) bond motifs is 1. The van der Waals surface area contributed by atoms with Crippen LogP contribution >= 0.6 is 0 Å². The van der Waals surface area contributed by atoms with Crippen LogP contribution in [0, 0.1) is 5.82 Å². The zero-order valence-corrected chi connectivity index (χ0v) is 13.1. The van der Waals surface area contributed by atoms with E-state index in [0.29, 0.717) is 24.4 Å². The number of para-hydroxylation sites is 1. The second-order valence-corrected chi connectivity index (χ2v) is 5.85. The molecule has 0 unspecified atom stereocenters. The maximum absolute atomic E-state index is 13.3. The number of benzene rings is 1. The first-order valence-electron chi connectivity index (χ1n) is 7.94. The first-order valence-corrected chi connectivity index (χ1v) is 7.94. The van der Waals surface area contributed by atoms with Gasteiger partial charge in [-0.1, -0.05) is 18.2 Å². The number of anilines is 1. The van der Waals surface area contributed by atoms with Crippen LogP contribution in [0.3, 0.4) is 0 Å². The van der Waals surface area contributed by atoms with Crippen LogP contribution in [0.1, 0.15) is 10.5 Å². The largest absolute Gasteiger partial charge is 0.368 e. The molecule has 122 valence electrons. The van der Waals surface area contributed by atoms with Gasteiger partial charge in [0, 0.05) is 44.3 Å². The molecular formula is C18H17FN4O. The zero-order valence-electron chi connectivity index (χ0n) is 13.1. The first kappa shape index (κ1) is 14.7. The average Bonchev–Trinajstić information content (AvgIpc) is 3.05. The Hall–Kier alpha value is -2.89. The number of aromatic nitrogens is 2. The predicted octanol–water partition coefficient (Wildman–Crippen LogP) is 2.44. The van der Waals surface area contributed by atoms with E-state index in [0.717, 1.165) is 13.1 Å². The summed E-state index contributed by atoms with van der Waals surface area (Å²) in [5, 5.41) is 0. The molecule has 1 fully saturated rings. The number of hydrogen-bond donors (Lipinski definition) is 0. The van der Waals surface area contributed by atoms with Crippen LogP contribution in [0.5, 0.6) is 0 Å². The molecule has 1 aliphatic rings. The molecule has 6 heteroatoms. The fourth-order valence-corrected chi connectivity index (χ4v) is 3.04. The molecule has 1 saturated heterocycles. The van der Waals surface area contributed by atoms with Crippen LogP contribution in [0.4, 0.5) is 10.1 Å². The second-order valence-electron chi connectivity index (χ2n) is 5.85. The van der Waals surface area contributed by atoms with Gasteiger partial charge in [0.2, 0.25) is 0 Å². The summed E-state index contributed by atoms with van der Waals surface area (Å²) in [6.45, 7) is 2.88. The molecular weight excluding hydrogens is 307 g/mol. The highest BCUT2D eigenvalue weighted by molar-refractivity contribution is 5.93. The molecule has 3 heterocycles. The Morgan fingerprint density at radius 3 is 2.46 bits per heavy atom. The number of nitrogens with zero attached hydrogens (tertiary/aromatic N) is 4. The van der Waals surface area contributed by atoms with Gasteiger partial charge in [0.25, 0.3) is 5.91 Å². The van der Waals surface area contributed by atoms with Gasteiger partial charge < -0.3 is 14.2 Å². The maximum atomic E-state index is 13.3. The lowest BCUT2D eigenvalue weighted by atomic mass is 10.2. The third-order valence-electron chi connectivity index (χ3n) is 4.32. The van der Waals surface area contributed by atoms with E-state index < -0.39 is 0 Å². The minimum absolute atomic E-state index is 0.105. The van der Waals surface area contributed by atoms with Crippen molar-refractivity contribution in [2.75, 3.05) is 31.1 Å². The van der Waals surface area contributed by atoms with Gasteiger partial charge in [0.05, 0.1) is 0 Å². The third-order valence-corrected chi connectivity index (χ3v) is 4.32. The molecule has 0 N–H and O–H groups in total. The Balaban J connectivity index is 1.47. The van der Waals surface area contributed by atoms with Gasteiger partial charge in [-0.25, -0.2) is 9.37 Å². The van der Waals surface area contributed by atoms with Gasteiger partial charge in [0.15, 0.2) is 0 Å². The molecule has 0 spiro atoms. The lowest BCUT2D eigenvalue weighted by Gasteiger charge is -2.35. The summed E-state index contributed by atoms with van der Waals surface area (Å²) in [7, 11) is 0. The topological polar surface area (TPSA) is 40.9 Å². The van der Waals surface area contributed by atoms with E-state index in [1.165, 1.54) is 18.0 Å². The number of pyridine rings is 1. The average molecular weight is 324 g/mol. The summed E-state index contributed by atoms with van der Waals surface area (Å²) >= 11 is 0. The third kappa shape index (κ3) is 2.71. The molecule has 5 nitrogen and oxygen atoms in total. The van der Waals surface area contributed by atoms with Gasteiger partial charge in [0.1, 0.15) is 17.2 Å². The lowest BCUT2D eigenvalue weighted by molar-refractivity contribution is 0.0741. The highest BCUT2D eigenvalue weighted by atomic mass is 19.1. The van der Waals surface area contributed by atoms with Crippen LogP contribution in [-0.4, -0.2) is 46.4 Å². The van der Waals surface area contributed by atoms with Crippen LogP contribution in [0.15, 0.2) is 54.9 Å². The molecule has 24 heavy (non-hydrogen) atoms. The minimum atomic E-state index is -0.352. The van der Waals surface area contributed by atoms with E-state index in [1.807, 2.05) is 18.2 Å². The van der Waals surface area contributed by atoms with E-state index in [9.17, 15) is 9.18 Å². The van der Waals surface area contributed by atoms with Gasteiger partial charge in [-0.2, -0.15) is 0 Å². The monoisotopic (exact) mass is 324 g/mol. The fourth-order valence-electron chi connectivity index (χ4n) is 3.04. The number of rotatable bonds is 2. The summed E-state index contributed by atoms with van der Waals surface area (Å²) in [5.74, 6) is -0.456. The normalized spacial score (nSPS) is 15.0. The van der Waals surface area contributed by atoms with Gasteiger partial charge in [-0.15, -0.1) is 0 Å². The molecule has 4 rings (SSSR count). The first-order chi connectivity index (χ1) is 11.7. The number of halogens is 1. The highest BCUT2D eigenvalue weighted by Gasteiger charge is 2.24. The number of carbonyl (C=O) groups excluding carboxylic acids is 1. The van der Waals surface area contributed by atoms with Gasteiger partial charge in [-0.05, 0) is 24.3 Å². The number of piperazine rings is 1. The molecule has 1 aliphatic heterocycles. The highest BCUT2D eigenvalue weighted by Crippen LogP contribution is 2.17. The molecule has 0 bridgehead atoms. The maximum Gasteiger partial charge on any atom is 0.274 e. The van der Waals surface area contributed by atoms with Crippen molar-refractivity contribution in [3.05, 3.63) is 66.4 Å². The van der Waals surface area contributed by atoms with E-state index >= 15 is 0 Å². The van der Waals surface area contributed by atoms with Crippen molar-refractivity contribution in [3.8, 4) is 0 Å². The predicted molar refractivity (Wildman–Crippen MR) is 89.7 cm³/mol. The smallest absolute Gasteiger partial charge is 0.274 e. The number of amides is 1. The molecule has 1 aromatic carbocycles. The summed E-state index contributed by atoms with van der Waals surface area (Å²) in [5.41, 5.74) is 2.10. The summed E-state index contributed by atoms with van der Waals surface area (Å²) in [4.78, 5) is 21.0. The van der Waals surface area contributed by atoms with Crippen molar-refractivity contribution in [2.24, 2.45) is 0 Å². The Morgan fingerprint density at radius 1 is 0.958 bits per heavy atom. The van der Waals surface area contributed by atoms with Crippen molar-refractivity contribution < 1.29 is 9.18 Å². The van der Waals surface area contributed by atoms with Gasteiger partial charge >= 0.3 is 0 Å². The Morgan fingerprint density at radius 2 is 1.71 bits per heavy atom. The summed E-state index contributed by atoms with van der Waals surface area (Å²) < 4.78 is 14.8. The summed E-state index contributed by atoms with van der Waals surface area (Å²) in [6, 6.07) is 13.1. The quantitative estimate of drug-likeness (QED) is 0.727. The molecule has 0 atom stereocenters. The lowest BCUT2D eigenvalue weighted by Crippen LogP contribution is -2.48. The van der Waals surface area contributed by atoms with Crippen LogP contribution in [0.2, 0.25) is 0 Å². The van der Waals surface area contributed by atoms with E-state index in [4.69, 9.17) is 0 Å². The molecule has 2 aromatic heterocycles. The zero-order chi connectivity index (χ0) is 16.5. The number of hydrogen-bond acceptors (Lipinski definition) is 3. The van der Waals surface area contributed by atoms with Crippen molar-refractivity contribution in [1.82, 2.24) is 14.3 Å². The number of imidazole rings is 1. The van der Waals surface area contributed by atoms with E-state index in [1.54, 1.807) is 21.6 Å². The van der Waals surface area contributed by atoms with Crippen molar-refractivity contribution in [2.45, 2.75) is 0 Å². The Labute approximate surface area is 138 Å². The SMILES string of the molecule is O=C(c1cn2cc(F)ccc2n1)N1CCN(c2ccccc2)CC1. The molecule has 0 radical (unpaired) electrons. The summed E-state index contributed by atoms with van der Waals surface area (Å²) in [6.07, 6.45) is 2.91. The van der Waals surface area contributed by atoms with Crippen LogP contribution in [0.25, 0.3) is 5.65 Å². The van der Waals surface area contributed by atoms with Gasteiger partial charge in [-0.3, -0.25) is 4.79 Å². The molecule has 3 aromatic rings. The molecule has 0 aliphatic carbocycles. The Kier molecular flexibility index (Phi) is 3.65. The Bertz CT molecular complexity index is 869. The van der Waals surface area contributed by atoms with Crippen molar-refractivity contribution in [3.63, 3.8) is 0 Å². The van der Waals surface area contributed by atoms with Crippen molar-refractivity contribution >= 4 is 17.2 Å². The van der Waals surface area contributed by atoms with E-state index in [2.05, 4.69) is 22.0 Å². The standard InChI is InChI=1S/C18H17FN4O/c19-14-6-7-17-20-16(13-23(17)12-14)18(24)22-10-8-21(9-11-22)15-4-2-1-3-5-15/h1-7,12-13H,8-11H2. The second kappa shape index (κ2) is 5.96. The van der Waals surface area contributed by atoms with E-state index in [-0.39, 0.29) is 11.7 Å². The van der Waals surface area contributed by atoms with Crippen LogP contribution in [-0.2, 0) is 0 Å². The molecule has 0 saturated carbocycles.